The predicted octanol–water partition coefficient (Wildman–Crippen LogP) is 1.99. The second-order valence-corrected chi connectivity index (χ2v) is 7.20. The molecule has 3 aromatic rings. The number of carbonyl (C=O) groups is 2. The molecular formula is C22H21N3O5. The molecule has 0 saturated carbocycles. The van der Waals surface area contributed by atoms with E-state index in [-0.39, 0.29) is 29.1 Å². The van der Waals surface area contributed by atoms with Crippen molar-refractivity contribution in [2.24, 2.45) is 0 Å². The van der Waals surface area contributed by atoms with Crippen molar-refractivity contribution in [1.82, 2.24) is 14.1 Å². The van der Waals surface area contributed by atoms with Crippen molar-refractivity contribution in [3.8, 4) is 5.75 Å². The lowest BCUT2D eigenvalue weighted by Gasteiger charge is -2.18. The van der Waals surface area contributed by atoms with Crippen LogP contribution in [-0.4, -0.2) is 32.8 Å². The number of Topliss-reactive ketones (excluding diaryl/α,β-unsaturated/α-hetero) is 2. The molecule has 0 atom stereocenters. The fourth-order valence-electron chi connectivity index (χ4n) is 3.92. The van der Waals surface area contributed by atoms with Crippen LogP contribution in [0.5, 0.6) is 5.75 Å². The summed E-state index contributed by atoms with van der Waals surface area (Å²) < 4.78 is 7.41. The summed E-state index contributed by atoms with van der Waals surface area (Å²) >= 11 is 0. The summed E-state index contributed by atoms with van der Waals surface area (Å²) in [7, 11) is 1.53. The van der Waals surface area contributed by atoms with E-state index in [0.717, 1.165) is 4.57 Å². The summed E-state index contributed by atoms with van der Waals surface area (Å²) in [5.41, 5.74) is 0.504. The van der Waals surface area contributed by atoms with Gasteiger partial charge in [-0.1, -0.05) is 0 Å². The van der Waals surface area contributed by atoms with Crippen LogP contribution in [0.15, 0.2) is 40.1 Å². The molecular weight excluding hydrogens is 386 g/mol. The lowest BCUT2D eigenvalue weighted by molar-refractivity contribution is 0.0961. The van der Waals surface area contributed by atoms with E-state index in [1.54, 1.807) is 31.2 Å². The highest BCUT2D eigenvalue weighted by molar-refractivity contribution is 6.02. The van der Waals surface area contributed by atoms with Crippen molar-refractivity contribution in [3.05, 3.63) is 68.0 Å². The summed E-state index contributed by atoms with van der Waals surface area (Å²) in [6, 6.07) is 6.47. The lowest BCUT2D eigenvalue weighted by atomic mass is 9.90. The lowest BCUT2D eigenvalue weighted by Crippen LogP contribution is -2.42. The van der Waals surface area contributed by atoms with E-state index in [9.17, 15) is 19.2 Å². The molecule has 154 valence electrons. The van der Waals surface area contributed by atoms with Crippen LogP contribution in [0.2, 0.25) is 0 Å². The molecule has 1 aliphatic rings. The molecule has 2 heterocycles. The zero-order valence-corrected chi connectivity index (χ0v) is 16.8. The van der Waals surface area contributed by atoms with Crippen LogP contribution in [0.3, 0.4) is 0 Å². The SMILES string of the molecule is CCn1c(=O)n(CC(=O)c2ccc(OC)cc2)c(=O)c2c3c(cnc21)C(=O)CCC3. The highest BCUT2D eigenvalue weighted by atomic mass is 16.5. The zero-order valence-electron chi connectivity index (χ0n) is 16.8. The molecule has 0 fully saturated rings. The van der Waals surface area contributed by atoms with Crippen molar-refractivity contribution in [2.75, 3.05) is 7.11 Å². The summed E-state index contributed by atoms with van der Waals surface area (Å²) in [6.45, 7) is 1.66. The summed E-state index contributed by atoms with van der Waals surface area (Å²) in [5, 5.41) is 0.254. The number of aryl methyl sites for hydroxylation is 2. The van der Waals surface area contributed by atoms with E-state index in [2.05, 4.69) is 4.98 Å². The number of ether oxygens (including phenoxy) is 1. The van der Waals surface area contributed by atoms with E-state index in [1.807, 2.05) is 0 Å². The Morgan fingerprint density at radius 3 is 2.50 bits per heavy atom. The van der Waals surface area contributed by atoms with Gasteiger partial charge in [-0.15, -0.1) is 0 Å². The minimum atomic E-state index is -0.591. The second kappa shape index (κ2) is 7.70. The van der Waals surface area contributed by atoms with Gasteiger partial charge in [-0.2, -0.15) is 0 Å². The second-order valence-electron chi connectivity index (χ2n) is 7.20. The maximum atomic E-state index is 13.3. The number of ketones is 2. The van der Waals surface area contributed by atoms with E-state index < -0.39 is 17.8 Å². The summed E-state index contributed by atoms with van der Waals surface area (Å²) in [4.78, 5) is 55.6. The first-order chi connectivity index (χ1) is 14.5. The third-order valence-electron chi connectivity index (χ3n) is 5.50. The molecule has 0 unspecified atom stereocenters. The van der Waals surface area contributed by atoms with Gasteiger partial charge in [0.1, 0.15) is 11.4 Å². The van der Waals surface area contributed by atoms with Crippen LogP contribution in [0.25, 0.3) is 11.0 Å². The first kappa shape index (κ1) is 19.8. The Bertz CT molecular complexity index is 1290. The van der Waals surface area contributed by atoms with Crippen molar-refractivity contribution in [1.29, 1.82) is 0 Å². The van der Waals surface area contributed by atoms with Gasteiger partial charge in [-0.05, 0) is 49.6 Å². The maximum absolute atomic E-state index is 13.3. The fourth-order valence-corrected chi connectivity index (χ4v) is 3.92. The van der Waals surface area contributed by atoms with Gasteiger partial charge in [0, 0.05) is 30.3 Å². The number of pyridine rings is 1. The number of benzene rings is 1. The quantitative estimate of drug-likeness (QED) is 0.600. The Morgan fingerprint density at radius 2 is 1.83 bits per heavy atom. The number of hydrogen-bond acceptors (Lipinski definition) is 6. The number of carbonyl (C=O) groups excluding carboxylic acids is 2. The normalized spacial score (nSPS) is 13.3. The first-order valence-electron chi connectivity index (χ1n) is 9.82. The van der Waals surface area contributed by atoms with E-state index in [4.69, 9.17) is 4.74 Å². The first-order valence-corrected chi connectivity index (χ1v) is 9.82. The molecule has 0 aliphatic heterocycles. The molecule has 4 rings (SSSR count). The zero-order chi connectivity index (χ0) is 21.4. The Morgan fingerprint density at radius 1 is 1.10 bits per heavy atom. The number of nitrogens with zero attached hydrogens (tertiary/aromatic N) is 3. The maximum Gasteiger partial charge on any atom is 0.333 e. The molecule has 1 aliphatic carbocycles. The van der Waals surface area contributed by atoms with Crippen LogP contribution >= 0.6 is 0 Å². The standard InChI is InChI=1S/C22H21N3O5/c1-3-24-20-19(15-5-4-6-17(26)16(15)11-23-20)21(28)25(22(24)29)12-18(27)13-7-9-14(30-2)10-8-13/h7-11H,3-6,12H2,1-2H3. The number of methoxy groups -OCH3 is 1. The van der Waals surface area contributed by atoms with Crippen molar-refractivity contribution in [3.63, 3.8) is 0 Å². The van der Waals surface area contributed by atoms with Gasteiger partial charge in [0.25, 0.3) is 5.56 Å². The van der Waals surface area contributed by atoms with Crippen molar-refractivity contribution >= 4 is 22.6 Å². The van der Waals surface area contributed by atoms with Crippen LogP contribution in [0.1, 0.15) is 46.0 Å². The molecule has 30 heavy (non-hydrogen) atoms. The molecule has 8 nitrogen and oxygen atoms in total. The van der Waals surface area contributed by atoms with Gasteiger partial charge < -0.3 is 4.74 Å². The molecule has 0 bridgehead atoms. The van der Waals surface area contributed by atoms with Crippen LogP contribution in [0.4, 0.5) is 0 Å². The number of hydrogen-bond donors (Lipinski definition) is 0. The highest BCUT2D eigenvalue weighted by Gasteiger charge is 2.25. The molecule has 0 amide bonds. The van der Waals surface area contributed by atoms with Crippen molar-refractivity contribution < 1.29 is 14.3 Å². The van der Waals surface area contributed by atoms with E-state index in [1.165, 1.54) is 17.9 Å². The van der Waals surface area contributed by atoms with Gasteiger partial charge in [0.2, 0.25) is 0 Å². The summed E-state index contributed by atoms with van der Waals surface area (Å²) in [5.74, 6) is 0.179. The molecule has 0 N–H and O–H groups in total. The van der Waals surface area contributed by atoms with Gasteiger partial charge in [0.05, 0.1) is 19.0 Å². The van der Waals surface area contributed by atoms with Crippen LogP contribution in [0, 0.1) is 0 Å². The Labute approximate surface area is 171 Å². The number of rotatable bonds is 5. The van der Waals surface area contributed by atoms with E-state index in [0.29, 0.717) is 41.7 Å². The van der Waals surface area contributed by atoms with Gasteiger partial charge in [-0.25, -0.2) is 9.78 Å². The van der Waals surface area contributed by atoms with E-state index >= 15 is 0 Å². The average Bonchev–Trinajstić information content (AvgIpc) is 2.76. The molecule has 1 aromatic carbocycles. The molecule has 2 aromatic heterocycles. The number of aromatic nitrogens is 3. The highest BCUT2D eigenvalue weighted by Crippen LogP contribution is 2.25. The molecule has 0 spiro atoms. The van der Waals surface area contributed by atoms with Crippen LogP contribution in [-0.2, 0) is 19.5 Å². The summed E-state index contributed by atoms with van der Waals surface area (Å²) in [6.07, 6.45) is 3.07. The Balaban J connectivity index is 1.89. The van der Waals surface area contributed by atoms with Gasteiger partial charge in [0.15, 0.2) is 11.6 Å². The fraction of sp³-hybridized carbons (Fsp3) is 0.318. The molecule has 0 saturated heterocycles. The largest absolute Gasteiger partial charge is 0.497 e. The van der Waals surface area contributed by atoms with Gasteiger partial charge in [-0.3, -0.25) is 23.5 Å². The monoisotopic (exact) mass is 407 g/mol. The van der Waals surface area contributed by atoms with Gasteiger partial charge >= 0.3 is 5.69 Å². The van der Waals surface area contributed by atoms with Crippen LogP contribution < -0.4 is 16.0 Å². The smallest absolute Gasteiger partial charge is 0.333 e. The minimum absolute atomic E-state index is 0.0554. The molecule has 8 heteroatoms. The minimum Gasteiger partial charge on any atom is -0.497 e. The topological polar surface area (TPSA) is 100 Å². The Hall–Kier alpha value is -3.55. The third-order valence-corrected chi connectivity index (χ3v) is 5.50. The Kier molecular flexibility index (Phi) is 5.07. The molecule has 0 radical (unpaired) electrons. The van der Waals surface area contributed by atoms with Crippen molar-refractivity contribution in [2.45, 2.75) is 39.3 Å². The third kappa shape index (κ3) is 3.14. The number of fused-ring (bicyclic) bond motifs is 3. The average molecular weight is 407 g/mol. The predicted molar refractivity (Wildman–Crippen MR) is 111 cm³/mol.